The van der Waals surface area contributed by atoms with Gasteiger partial charge < -0.3 is 4.79 Å². The summed E-state index contributed by atoms with van der Waals surface area (Å²) >= 11 is 0. The van der Waals surface area contributed by atoms with Crippen molar-refractivity contribution < 1.29 is 9.72 Å². The average Bonchev–Trinajstić information content (AvgIpc) is 1.63. The monoisotopic (exact) mass is 131 g/mol. The zero-order chi connectivity index (χ0) is 7.28. The number of carbonyl (C=O) groups is 1. The van der Waals surface area contributed by atoms with E-state index in [1.807, 2.05) is 0 Å². The van der Waals surface area contributed by atoms with Gasteiger partial charge in [0.2, 0.25) is 6.54 Å². The molecule has 0 spiro atoms. The molecule has 0 rings (SSSR count). The Hall–Kier alpha value is -0.930. The Morgan fingerprint density at radius 3 is 2.67 bits per heavy atom. The third-order valence-corrected chi connectivity index (χ3v) is 0.959. The summed E-state index contributed by atoms with van der Waals surface area (Å²) in [6, 6.07) is 0. The van der Waals surface area contributed by atoms with Gasteiger partial charge in [-0.05, 0) is 0 Å². The second-order valence-electron chi connectivity index (χ2n) is 2.02. The van der Waals surface area contributed by atoms with Crippen LogP contribution in [0.15, 0.2) is 0 Å². The highest BCUT2D eigenvalue weighted by Gasteiger charge is 2.06. The Bertz CT molecular complexity index is 113. The summed E-state index contributed by atoms with van der Waals surface area (Å²) < 4.78 is 0. The first kappa shape index (κ1) is 8.07. The molecule has 9 heavy (non-hydrogen) atoms. The van der Waals surface area contributed by atoms with Crippen LogP contribution < -0.4 is 0 Å². The first-order chi connectivity index (χ1) is 4.16. The van der Waals surface area contributed by atoms with Crippen LogP contribution >= 0.6 is 0 Å². The van der Waals surface area contributed by atoms with Crippen molar-refractivity contribution in [2.45, 2.75) is 13.3 Å². The highest BCUT2D eigenvalue weighted by atomic mass is 16.6. The fourth-order valence-electron chi connectivity index (χ4n) is 0.493. The fraction of sp³-hybridized carbons (Fsp3) is 0.800. The molecule has 0 radical (unpaired) electrons. The van der Waals surface area contributed by atoms with Crippen molar-refractivity contribution in [2.24, 2.45) is 5.92 Å². The zero-order valence-corrected chi connectivity index (χ0v) is 5.24. The van der Waals surface area contributed by atoms with Crippen LogP contribution in [-0.2, 0) is 4.79 Å². The van der Waals surface area contributed by atoms with Gasteiger partial charge in [-0.2, -0.15) is 0 Å². The largest absolute Gasteiger partial charge is 0.303 e. The van der Waals surface area contributed by atoms with E-state index in [1.165, 1.54) is 0 Å². The number of carbonyl (C=O) groups excluding carboxylic acids is 1. The molecule has 0 aromatic rings. The summed E-state index contributed by atoms with van der Waals surface area (Å²) in [5.41, 5.74) is 0. The van der Waals surface area contributed by atoms with Gasteiger partial charge in [-0.3, -0.25) is 10.1 Å². The third-order valence-electron chi connectivity index (χ3n) is 0.959. The van der Waals surface area contributed by atoms with Gasteiger partial charge in [0.1, 0.15) is 6.29 Å². The highest BCUT2D eigenvalue weighted by molar-refractivity contribution is 5.49. The number of hydrogen-bond acceptors (Lipinski definition) is 3. The zero-order valence-electron chi connectivity index (χ0n) is 5.24. The summed E-state index contributed by atoms with van der Waals surface area (Å²) in [5, 5.41) is 9.77. The van der Waals surface area contributed by atoms with Crippen LogP contribution in [0.5, 0.6) is 0 Å². The minimum atomic E-state index is -0.409. The molecule has 0 amide bonds. The summed E-state index contributed by atoms with van der Waals surface area (Å²) in [5.74, 6) is -0.127. The van der Waals surface area contributed by atoms with E-state index in [0.717, 1.165) is 0 Å². The number of hydrogen-bond donors (Lipinski definition) is 0. The van der Waals surface area contributed by atoms with Crippen molar-refractivity contribution in [2.75, 3.05) is 6.54 Å². The summed E-state index contributed by atoms with van der Waals surface area (Å²) in [7, 11) is 0. The van der Waals surface area contributed by atoms with Crippen molar-refractivity contribution in [1.29, 1.82) is 0 Å². The van der Waals surface area contributed by atoms with E-state index in [0.29, 0.717) is 6.29 Å². The maximum Gasteiger partial charge on any atom is 0.206 e. The maximum absolute atomic E-state index is 9.77. The van der Waals surface area contributed by atoms with E-state index in [4.69, 9.17) is 0 Å². The highest BCUT2D eigenvalue weighted by Crippen LogP contribution is 1.97. The molecule has 52 valence electrons. The number of nitrogens with zero attached hydrogens (tertiary/aromatic N) is 1. The topological polar surface area (TPSA) is 60.2 Å². The van der Waals surface area contributed by atoms with Crippen LogP contribution in [0.4, 0.5) is 0 Å². The molecule has 0 aliphatic carbocycles. The Morgan fingerprint density at radius 1 is 1.78 bits per heavy atom. The van der Waals surface area contributed by atoms with Crippen LogP contribution in [0.3, 0.4) is 0 Å². The predicted octanol–water partition coefficient (Wildman–Crippen LogP) is 0.488. The molecule has 0 aromatic heterocycles. The average molecular weight is 131 g/mol. The van der Waals surface area contributed by atoms with Gasteiger partial charge in [-0.1, -0.05) is 6.92 Å². The Labute approximate surface area is 53.0 Å². The molecule has 4 heteroatoms. The third kappa shape index (κ3) is 4.93. The van der Waals surface area contributed by atoms with E-state index < -0.39 is 4.92 Å². The number of rotatable bonds is 4. The molecule has 0 bridgehead atoms. The fourth-order valence-corrected chi connectivity index (χ4v) is 0.493. The number of aldehydes is 1. The second-order valence-corrected chi connectivity index (χ2v) is 2.02. The molecule has 4 nitrogen and oxygen atoms in total. The molecule has 0 fully saturated rings. The SMILES string of the molecule is C[C@H](CC=O)C[N+](=O)[O-]. The van der Waals surface area contributed by atoms with Gasteiger partial charge in [0.15, 0.2) is 0 Å². The van der Waals surface area contributed by atoms with Gasteiger partial charge >= 0.3 is 0 Å². The van der Waals surface area contributed by atoms with Crippen molar-refractivity contribution in [3.8, 4) is 0 Å². The summed E-state index contributed by atoms with van der Waals surface area (Å²) in [6.07, 6.45) is 0.981. The van der Waals surface area contributed by atoms with Crippen molar-refractivity contribution >= 4 is 6.29 Å². The van der Waals surface area contributed by atoms with Gasteiger partial charge in [0.25, 0.3) is 0 Å². The lowest BCUT2D eigenvalue weighted by atomic mass is 10.1. The van der Waals surface area contributed by atoms with Crippen molar-refractivity contribution in [1.82, 2.24) is 0 Å². The van der Waals surface area contributed by atoms with Gasteiger partial charge in [-0.25, -0.2) is 0 Å². The van der Waals surface area contributed by atoms with E-state index in [2.05, 4.69) is 0 Å². The molecule has 0 aromatic carbocycles. The minimum Gasteiger partial charge on any atom is -0.303 e. The predicted molar refractivity (Wildman–Crippen MR) is 31.7 cm³/mol. The molecule has 0 unspecified atom stereocenters. The molecular formula is C5H9NO3. The molecule has 0 saturated heterocycles. The van der Waals surface area contributed by atoms with Crippen LogP contribution in [0.2, 0.25) is 0 Å². The van der Waals surface area contributed by atoms with Gasteiger partial charge in [-0.15, -0.1) is 0 Å². The van der Waals surface area contributed by atoms with Gasteiger partial charge in [0.05, 0.1) is 0 Å². The minimum absolute atomic E-state index is 0.112. The lowest BCUT2D eigenvalue weighted by molar-refractivity contribution is -0.487. The Morgan fingerprint density at radius 2 is 2.33 bits per heavy atom. The Kier molecular flexibility index (Phi) is 3.59. The molecule has 1 atom stereocenters. The van der Waals surface area contributed by atoms with E-state index in [1.54, 1.807) is 6.92 Å². The van der Waals surface area contributed by atoms with Gasteiger partial charge in [0, 0.05) is 17.3 Å². The van der Waals surface area contributed by atoms with Crippen LogP contribution in [0, 0.1) is 16.0 Å². The quantitative estimate of drug-likeness (QED) is 0.317. The molecule has 0 aliphatic heterocycles. The molecule has 0 N–H and O–H groups in total. The van der Waals surface area contributed by atoms with E-state index >= 15 is 0 Å². The first-order valence-electron chi connectivity index (χ1n) is 2.72. The summed E-state index contributed by atoms with van der Waals surface area (Å²) in [6.45, 7) is 1.57. The normalized spacial score (nSPS) is 12.6. The smallest absolute Gasteiger partial charge is 0.206 e. The molecular weight excluding hydrogens is 122 g/mol. The second kappa shape index (κ2) is 4.00. The molecule has 0 saturated carbocycles. The maximum atomic E-state index is 9.77. The first-order valence-corrected chi connectivity index (χ1v) is 2.72. The summed E-state index contributed by atoms with van der Waals surface area (Å²) in [4.78, 5) is 19.1. The van der Waals surface area contributed by atoms with Crippen molar-refractivity contribution in [3.05, 3.63) is 10.1 Å². The van der Waals surface area contributed by atoms with Crippen molar-refractivity contribution in [3.63, 3.8) is 0 Å². The standard InChI is InChI=1S/C5H9NO3/c1-5(2-3-7)4-6(8)9/h3,5H,2,4H2,1H3/t5-/m1/s1. The van der Waals surface area contributed by atoms with Crippen LogP contribution in [0.1, 0.15) is 13.3 Å². The van der Waals surface area contributed by atoms with Crippen LogP contribution in [-0.4, -0.2) is 17.8 Å². The lowest BCUT2D eigenvalue weighted by Gasteiger charge is -1.97. The molecule has 0 heterocycles. The van der Waals surface area contributed by atoms with E-state index in [9.17, 15) is 14.9 Å². The van der Waals surface area contributed by atoms with E-state index in [-0.39, 0.29) is 18.9 Å². The number of nitro groups is 1. The van der Waals surface area contributed by atoms with Crippen LogP contribution in [0.25, 0.3) is 0 Å². The molecule has 0 aliphatic rings. The lowest BCUT2D eigenvalue weighted by Crippen LogP contribution is -2.10. The Balaban J connectivity index is 3.37.